The summed E-state index contributed by atoms with van der Waals surface area (Å²) in [5.41, 5.74) is 5.69. The van der Waals surface area contributed by atoms with Gasteiger partial charge in [0.1, 0.15) is 23.7 Å². The van der Waals surface area contributed by atoms with Gasteiger partial charge in [-0.2, -0.15) is 0 Å². The summed E-state index contributed by atoms with van der Waals surface area (Å²) < 4.78 is 9.54. The lowest BCUT2D eigenvalue weighted by atomic mass is 10.1. The van der Waals surface area contributed by atoms with E-state index in [9.17, 15) is 19.2 Å². The van der Waals surface area contributed by atoms with Crippen molar-refractivity contribution >= 4 is 46.1 Å². The minimum absolute atomic E-state index is 0.331. The number of nitrogens with one attached hydrogen (secondary N) is 4. The van der Waals surface area contributed by atoms with Crippen LogP contribution in [-0.2, 0) is 19.1 Å². The van der Waals surface area contributed by atoms with Gasteiger partial charge in [0, 0.05) is 25.2 Å². The summed E-state index contributed by atoms with van der Waals surface area (Å²) in [4.78, 5) is 70.7. The van der Waals surface area contributed by atoms with Crippen LogP contribution in [0.25, 0.3) is 22.1 Å². The molecule has 4 amide bonds. The van der Waals surface area contributed by atoms with Crippen molar-refractivity contribution in [3.05, 3.63) is 131 Å². The molecule has 14 nitrogen and oxygen atoms in total. The molecule has 0 spiro atoms. The van der Waals surface area contributed by atoms with E-state index >= 15 is 0 Å². The molecule has 6 aromatic rings. The molecule has 0 aliphatic heterocycles. The second kappa shape index (κ2) is 16.9. The highest BCUT2D eigenvalue weighted by Gasteiger charge is 2.31. The average molecular weight is 755 g/mol. The van der Waals surface area contributed by atoms with E-state index in [-0.39, 0.29) is 11.8 Å². The number of aromatic nitrogens is 4. The number of imidazole rings is 2. The number of carbonyl (C=O) groups excluding carboxylic acids is 4. The normalized spacial score (nSPS) is 13.0. The molecule has 56 heavy (non-hydrogen) atoms. The van der Waals surface area contributed by atoms with Crippen molar-refractivity contribution in [2.45, 2.75) is 38.0 Å². The van der Waals surface area contributed by atoms with Crippen molar-refractivity contribution in [3.63, 3.8) is 0 Å². The molecular weight excluding hydrogens is 713 g/mol. The SMILES string of the molecule is COC(=O)N[C@@H](C(=O)N(C)[C@@H](C)c1nc2ccc(C#Cc3ccc4nc([C@H](C)N(C)C(=O)[C@H](NC(=O)OC)c5ccccc5)[nH]c4c3)cc2[nH]1)c1ccccc1. The number of rotatable bonds is 10. The van der Waals surface area contributed by atoms with Crippen LogP contribution in [0, 0.1) is 11.8 Å². The third-order valence-corrected chi connectivity index (χ3v) is 9.66. The molecule has 0 radical (unpaired) electrons. The molecule has 0 aliphatic rings. The van der Waals surface area contributed by atoms with Crippen LogP contribution in [0.4, 0.5) is 9.59 Å². The van der Waals surface area contributed by atoms with Crippen LogP contribution >= 0.6 is 0 Å². The van der Waals surface area contributed by atoms with E-state index in [4.69, 9.17) is 19.4 Å². The van der Waals surface area contributed by atoms with Gasteiger partial charge in [-0.1, -0.05) is 72.5 Å². The van der Waals surface area contributed by atoms with E-state index in [1.165, 1.54) is 24.0 Å². The fraction of sp³-hybridized carbons (Fsp3) is 0.238. The maximum absolute atomic E-state index is 13.6. The maximum atomic E-state index is 13.6. The summed E-state index contributed by atoms with van der Waals surface area (Å²) in [5, 5.41) is 5.28. The Labute approximate surface area is 323 Å². The van der Waals surface area contributed by atoms with Crippen molar-refractivity contribution in [2.24, 2.45) is 0 Å². The van der Waals surface area contributed by atoms with Gasteiger partial charge in [-0.15, -0.1) is 0 Å². The predicted octanol–water partition coefficient (Wildman–Crippen LogP) is 6.07. The number of alkyl carbamates (subject to hydrolysis) is 2. The summed E-state index contributed by atoms with van der Waals surface area (Å²) in [7, 11) is 5.83. The summed E-state index contributed by atoms with van der Waals surface area (Å²) in [6, 6.07) is 26.4. The number of nitrogens with zero attached hydrogens (tertiary/aromatic N) is 4. The first-order valence-corrected chi connectivity index (χ1v) is 17.8. The molecule has 0 aliphatic carbocycles. The standard InChI is InChI=1S/C42H42N8O6/c1-25(49(3)39(51)35(47-41(53)55-5)29-13-9-7-10-14-29)37-43-31-21-19-27(23-33(31)45-37)17-18-28-20-22-32-34(24-28)46-38(44-32)26(2)50(4)40(52)36(48-42(54)56-6)30-15-11-8-12-16-30/h7-16,19-26,35-36H,1-6H3,(H,43,45)(H,44,46)(H,47,53)(H,48,54)/t25-,26-,35+,36+/m0/s1. The highest BCUT2D eigenvalue weighted by Crippen LogP contribution is 2.27. The lowest BCUT2D eigenvalue weighted by Gasteiger charge is -2.28. The Morgan fingerprint density at radius 2 is 0.982 bits per heavy atom. The molecule has 0 saturated heterocycles. The molecule has 2 heterocycles. The Hall–Kier alpha value is -7.14. The summed E-state index contributed by atoms with van der Waals surface area (Å²) in [6.45, 7) is 3.71. The third-order valence-electron chi connectivity index (χ3n) is 9.66. The van der Waals surface area contributed by atoms with E-state index in [0.717, 1.165) is 22.2 Å². The zero-order chi connectivity index (χ0) is 39.9. The fourth-order valence-electron chi connectivity index (χ4n) is 6.13. The number of methoxy groups -OCH3 is 2. The van der Waals surface area contributed by atoms with Crippen LogP contribution in [-0.4, -0.2) is 82.1 Å². The Bertz CT molecular complexity index is 2270. The molecular formula is C42H42N8O6. The van der Waals surface area contributed by atoms with Gasteiger partial charge in [0.25, 0.3) is 0 Å². The minimum Gasteiger partial charge on any atom is -0.453 e. The quantitative estimate of drug-likeness (QED) is 0.122. The first kappa shape index (κ1) is 38.6. The number of amides is 4. The van der Waals surface area contributed by atoms with Crippen molar-refractivity contribution in [1.29, 1.82) is 0 Å². The molecule has 2 aromatic heterocycles. The van der Waals surface area contributed by atoms with Crippen molar-refractivity contribution in [2.75, 3.05) is 28.3 Å². The van der Waals surface area contributed by atoms with Gasteiger partial charge in [-0.3, -0.25) is 9.59 Å². The summed E-state index contributed by atoms with van der Waals surface area (Å²) in [6.07, 6.45) is -1.42. The van der Waals surface area contributed by atoms with Crippen LogP contribution in [0.1, 0.15) is 71.9 Å². The molecule has 286 valence electrons. The van der Waals surface area contributed by atoms with E-state index < -0.39 is 36.4 Å². The van der Waals surface area contributed by atoms with Gasteiger partial charge in [0.2, 0.25) is 11.8 Å². The van der Waals surface area contributed by atoms with Crippen LogP contribution in [0.3, 0.4) is 0 Å². The highest BCUT2D eigenvalue weighted by atomic mass is 16.5. The number of hydrogen-bond acceptors (Lipinski definition) is 8. The zero-order valence-electron chi connectivity index (χ0n) is 31.8. The molecule has 4 atom stereocenters. The van der Waals surface area contributed by atoms with Crippen LogP contribution in [0.2, 0.25) is 0 Å². The smallest absolute Gasteiger partial charge is 0.407 e. The molecule has 4 aromatic carbocycles. The Morgan fingerprint density at radius 3 is 1.34 bits per heavy atom. The molecule has 0 fully saturated rings. The monoisotopic (exact) mass is 754 g/mol. The lowest BCUT2D eigenvalue weighted by Crippen LogP contribution is -2.42. The number of benzene rings is 4. The van der Waals surface area contributed by atoms with Crippen LogP contribution in [0.5, 0.6) is 0 Å². The second-order valence-corrected chi connectivity index (χ2v) is 13.2. The van der Waals surface area contributed by atoms with Gasteiger partial charge in [-0.25, -0.2) is 19.6 Å². The minimum atomic E-state index is -0.946. The topological polar surface area (TPSA) is 175 Å². The largest absolute Gasteiger partial charge is 0.453 e. The first-order valence-electron chi connectivity index (χ1n) is 17.8. The van der Waals surface area contributed by atoms with E-state index in [1.807, 2.05) is 62.4 Å². The highest BCUT2D eigenvalue weighted by molar-refractivity contribution is 5.88. The van der Waals surface area contributed by atoms with E-state index in [0.29, 0.717) is 33.8 Å². The van der Waals surface area contributed by atoms with E-state index in [1.54, 1.807) is 62.6 Å². The number of likely N-dealkylation sites (N-methyl/N-ethyl adjacent to an activating group) is 2. The Morgan fingerprint density at radius 1 is 0.607 bits per heavy atom. The Kier molecular flexibility index (Phi) is 11.6. The van der Waals surface area contributed by atoms with Gasteiger partial charge < -0.3 is 39.9 Å². The van der Waals surface area contributed by atoms with Gasteiger partial charge >= 0.3 is 12.2 Å². The van der Waals surface area contributed by atoms with Crippen molar-refractivity contribution in [1.82, 2.24) is 40.4 Å². The summed E-state index contributed by atoms with van der Waals surface area (Å²) >= 11 is 0. The van der Waals surface area contributed by atoms with Gasteiger partial charge in [0.05, 0.1) is 48.4 Å². The number of H-pyrrole nitrogens is 2. The van der Waals surface area contributed by atoms with Crippen LogP contribution in [0.15, 0.2) is 97.1 Å². The number of carbonyl (C=O) groups is 4. The molecule has 4 N–H and O–H groups in total. The molecule has 0 saturated carbocycles. The lowest BCUT2D eigenvalue weighted by molar-refractivity contribution is -0.135. The average Bonchev–Trinajstić information content (AvgIpc) is 3.87. The number of hydrogen-bond donors (Lipinski definition) is 4. The van der Waals surface area contributed by atoms with Crippen LogP contribution < -0.4 is 10.6 Å². The third kappa shape index (κ3) is 8.47. The van der Waals surface area contributed by atoms with E-state index in [2.05, 4.69) is 32.4 Å². The van der Waals surface area contributed by atoms with Gasteiger partial charge in [0.15, 0.2) is 0 Å². The number of aromatic amines is 2. The molecule has 14 heteroatoms. The Balaban J connectivity index is 1.16. The zero-order valence-corrected chi connectivity index (χ0v) is 31.8. The fourth-order valence-corrected chi connectivity index (χ4v) is 6.13. The maximum Gasteiger partial charge on any atom is 0.407 e. The second-order valence-electron chi connectivity index (χ2n) is 13.2. The van der Waals surface area contributed by atoms with Crippen molar-refractivity contribution in [3.8, 4) is 11.8 Å². The number of fused-ring (bicyclic) bond motifs is 2. The molecule has 6 rings (SSSR count). The molecule has 0 bridgehead atoms. The van der Waals surface area contributed by atoms with Crippen molar-refractivity contribution < 1.29 is 28.7 Å². The van der Waals surface area contributed by atoms with Gasteiger partial charge in [-0.05, 0) is 61.4 Å². The summed E-state index contributed by atoms with van der Waals surface area (Å²) in [5.74, 6) is 6.92. The molecule has 0 unspecified atom stereocenters. The number of ether oxygens (including phenoxy) is 2. The first-order chi connectivity index (χ1) is 27.0. The predicted molar refractivity (Wildman–Crippen MR) is 210 cm³/mol.